The Bertz CT molecular complexity index is 1360. The molecule has 1 heterocycles. The number of fused-ring (bicyclic) bond motifs is 1. The fourth-order valence-electron chi connectivity index (χ4n) is 3.52. The van der Waals surface area contributed by atoms with Gasteiger partial charge >= 0.3 is 0 Å². The highest BCUT2D eigenvalue weighted by molar-refractivity contribution is 5.92. The molecular formula is C27H25NO6. The van der Waals surface area contributed by atoms with Gasteiger partial charge in [-0.1, -0.05) is 13.0 Å². The second-order valence-corrected chi connectivity index (χ2v) is 7.57. The molecule has 174 valence electrons. The van der Waals surface area contributed by atoms with Crippen LogP contribution in [0.25, 0.3) is 22.3 Å². The van der Waals surface area contributed by atoms with Crippen LogP contribution in [0, 0.1) is 0 Å². The number of ether oxygens (including phenoxy) is 3. The zero-order valence-electron chi connectivity index (χ0n) is 19.2. The Morgan fingerprint density at radius 3 is 2.18 bits per heavy atom. The van der Waals surface area contributed by atoms with Crippen molar-refractivity contribution in [1.82, 2.24) is 0 Å². The van der Waals surface area contributed by atoms with Crippen molar-refractivity contribution in [3.8, 4) is 28.6 Å². The number of rotatable bonds is 8. The first kappa shape index (κ1) is 22.9. The van der Waals surface area contributed by atoms with Gasteiger partial charge in [-0.15, -0.1) is 0 Å². The van der Waals surface area contributed by atoms with Crippen LogP contribution in [0.5, 0.6) is 17.2 Å². The van der Waals surface area contributed by atoms with E-state index in [1.807, 2.05) is 13.0 Å². The lowest BCUT2D eigenvalue weighted by Gasteiger charge is -2.13. The maximum atomic E-state index is 13.4. The molecule has 1 N–H and O–H groups in total. The molecule has 4 aromatic rings. The van der Waals surface area contributed by atoms with E-state index in [9.17, 15) is 9.59 Å². The van der Waals surface area contributed by atoms with E-state index in [-0.39, 0.29) is 23.5 Å². The van der Waals surface area contributed by atoms with Crippen LogP contribution in [-0.4, -0.2) is 26.7 Å². The van der Waals surface area contributed by atoms with Crippen LogP contribution in [0.1, 0.15) is 12.5 Å². The summed E-state index contributed by atoms with van der Waals surface area (Å²) >= 11 is 0. The lowest BCUT2D eigenvalue weighted by molar-refractivity contribution is -0.118. The number of amides is 1. The van der Waals surface area contributed by atoms with Gasteiger partial charge in [-0.25, -0.2) is 0 Å². The number of hydrogen-bond acceptors (Lipinski definition) is 6. The van der Waals surface area contributed by atoms with Crippen molar-refractivity contribution in [3.63, 3.8) is 0 Å². The molecular weight excluding hydrogens is 434 g/mol. The normalized spacial score (nSPS) is 10.7. The molecule has 0 saturated heterocycles. The van der Waals surface area contributed by atoms with Crippen molar-refractivity contribution in [3.05, 3.63) is 82.5 Å². The minimum absolute atomic E-state index is 0.0178. The molecule has 0 aliphatic carbocycles. The zero-order chi connectivity index (χ0) is 24.1. The smallest absolute Gasteiger partial charge is 0.262 e. The molecule has 0 radical (unpaired) electrons. The van der Waals surface area contributed by atoms with Crippen molar-refractivity contribution in [2.24, 2.45) is 0 Å². The van der Waals surface area contributed by atoms with Crippen molar-refractivity contribution >= 4 is 22.6 Å². The number of benzene rings is 3. The van der Waals surface area contributed by atoms with Gasteiger partial charge in [0.05, 0.1) is 19.6 Å². The highest BCUT2D eigenvalue weighted by Crippen LogP contribution is 2.32. The fourth-order valence-corrected chi connectivity index (χ4v) is 3.52. The number of aryl methyl sites for hydroxylation is 1. The highest BCUT2D eigenvalue weighted by atomic mass is 16.5. The Balaban J connectivity index is 1.67. The molecule has 34 heavy (non-hydrogen) atoms. The standard InChI is InChI=1S/C27H25NO6/c1-4-17-5-14-23-22(15-17)25(30)27(26(34-23)18-6-10-20(31-2)11-7-18)33-16-24(29)28-19-8-12-21(32-3)13-9-19/h5-15H,4,16H2,1-3H3,(H,28,29). The summed E-state index contributed by atoms with van der Waals surface area (Å²) in [5.41, 5.74) is 2.33. The van der Waals surface area contributed by atoms with Crippen molar-refractivity contribution in [2.75, 3.05) is 26.1 Å². The van der Waals surface area contributed by atoms with Crippen LogP contribution < -0.4 is 25.0 Å². The lowest BCUT2D eigenvalue weighted by atomic mass is 10.1. The molecule has 7 heteroatoms. The van der Waals surface area contributed by atoms with Gasteiger partial charge in [-0.2, -0.15) is 0 Å². The van der Waals surface area contributed by atoms with Crippen molar-refractivity contribution in [2.45, 2.75) is 13.3 Å². The minimum atomic E-state index is -0.410. The third kappa shape index (κ3) is 4.88. The molecule has 0 atom stereocenters. The van der Waals surface area contributed by atoms with Crippen molar-refractivity contribution < 1.29 is 23.4 Å². The largest absolute Gasteiger partial charge is 0.497 e. The van der Waals surface area contributed by atoms with E-state index < -0.39 is 5.91 Å². The van der Waals surface area contributed by atoms with E-state index in [4.69, 9.17) is 18.6 Å². The van der Waals surface area contributed by atoms with Gasteiger partial charge in [0, 0.05) is 11.3 Å². The first-order chi connectivity index (χ1) is 16.5. The molecule has 1 aromatic heterocycles. The predicted molar refractivity (Wildman–Crippen MR) is 131 cm³/mol. The Kier molecular flexibility index (Phi) is 6.82. The number of carbonyl (C=O) groups excluding carboxylic acids is 1. The van der Waals surface area contributed by atoms with Crippen LogP contribution in [0.4, 0.5) is 5.69 Å². The van der Waals surface area contributed by atoms with E-state index in [2.05, 4.69) is 5.32 Å². The highest BCUT2D eigenvalue weighted by Gasteiger charge is 2.19. The average Bonchev–Trinajstić information content (AvgIpc) is 2.88. The molecule has 0 aliphatic heterocycles. The van der Waals surface area contributed by atoms with Crippen molar-refractivity contribution in [1.29, 1.82) is 0 Å². The maximum Gasteiger partial charge on any atom is 0.262 e. The Hall–Kier alpha value is -4.26. The number of methoxy groups -OCH3 is 2. The second-order valence-electron chi connectivity index (χ2n) is 7.57. The zero-order valence-corrected chi connectivity index (χ0v) is 19.2. The van der Waals surface area contributed by atoms with E-state index in [1.54, 1.807) is 74.9 Å². The van der Waals surface area contributed by atoms with E-state index in [1.165, 1.54) is 0 Å². The summed E-state index contributed by atoms with van der Waals surface area (Å²) in [6.07, 6.45) is 0.774. The molecule has 3 aromatic carbocycles. The third-order valence-corrected chi connectivity index (χ3v) is 5.39. The number of carbonyl (C=O) groups is 1. The topological polar surface area (TPSA) is 87.0 Å². The molecule has 4 rings (SSSR count). The molecule has 7 nitrogen and oxygen atoms in total. The summed E-state index contributed by atoms with van der Waals surface area (Å²) in [6.45, 7) is 1.65. The number of anilines is 1. The second kappa shape index (κ2) is 10.1. The lowest BCUT2D eigenvalue weighted by Crippen LogP contribution is -2.22. The summed E-state index contributed by atoms with van der Waals surface area (Å²) in [5.74, 6) is 1.17. The van der Waals surface area contributed by atoms with Crippen LogP contribution in [0.15, 0.2) is 75.9 Å². The molecule has 0 saturated carbocycles. The van der Waals surface area contributed by atoms with Crippen LogP contribution in [-0.2, 0) is 11.2 Å². The molecule has 1 amide bonds. The van der Waals surface area contributed by atoms with Gasteiger partial charge in [-0.05, 0) is 72.6 Å². The van der Waals surface area contributed by atoms with Gasteiger partial charge < -0.3 is 23.9 Å². The van der Waals surface area contributed by atoms with Crippen LogP contribution >= 0.6 is 0 Å². The molecule has 0 fully saturated rings. The monoisotopic (exact) mass is 459 g/mol. The number of hydrogen-bond donors (Lipinski definition) is 1. The van der Waals surface area contributed by atoms with E-state index in [0.29, 0.717) is 33.7 Å². The average molecular weight is 459 g/mol. The van der Waals surface area contributed by atoms with E-state index in [0.717, 1.165) is 12.0 Å². The number of nitrogens with one attached hydrogen (secondary N) is 1. The molecule has 0 aliphatic rings. The van der Waals surface area contributed by atoms with Crippen LogP contribution in [0.3, 0.4) is 0 Å². The SMILES string of the molecule is CCc1ccc2oc(-c3ccc(OC)cc3)c(OCC(=O)Nc3ccc(OC)cc3)c(=O)c2c1. The summed E-state index contributed by atoms with van der Waals surface area (Å²) < 4.78 is 22.2. The van der Waals surface area contributed by atoms with Gasteiger partial charge in [0.15, 0.2) is 12.4 Å². The summed E-state index contributed by atoms with van der Waals surface area (Å²) in [5, 5.41) is 3.15. The summed E-state index contributed by atoms with van der Waals surface area (Å²) in [6, 6.07) is 19.5. The first-order valence-electron chi connectivity index (χ1n) is 10.8. The first-order valence-corrected chi connectivity index (χ1v) is 10.8. The molecule has 0 spiro atoms. The fraction of sp³-hybridized carbons (Fsp3) is 0.185. The van der Waals surface area contributed by atoms with Gasteiger partial charge in [0.25, 0.3) is 5.91 Å². The van der Waals surface area contributed by atoms with E-state index >= 15 is 0 Å². The third-order valence-electron chi connectivity index (χ3n) is 5.39. The molecule has 0 bridgehead atoms. The predicted octanol–water partition coefficient (Wildman–Crippen LogP) is 5.06. The molecule has 0 unspecified atom stereocenters. The van der Waals surface area contributed by atoms with Gasteiger partial charge in [0.1, 0.15) is 17.1 Å². The van der Waals surface area contributed by atoms with Gasteiger partial charge in [0.2, 0.25) is 11.2 Å². The Labute approximate surface area is 196 Å². The Morgan fingerprint density at radius 2 is 1.56 bits per heavy atom. The van der Waals surface area contributed by atoms with Crippen LogP contribution in [0.2, 0.25) is 0 Å². The summed E-state index contributed by atoms with van der Waals surface area (Å²) in [7, 11) is 3.15. The quantitative estimate of drug-likeness (QED) is 0.396. The Morgan fingerprint density at radius 1 is 0.912 bits per heavy atom. The maximum absolute atomic E-state index is 13.4. The summed E-state index contributed by atoms with van der Waals surface area (Å²) in [4.78, 5) is 25.9. The minimum Gasteiger partial charge on any atom is -0.497 e. The van der Waals surface area contributed by atoms with Gasteiger partial charge in [-0.3, -0.25) is 9.59 Å².